The summed E-state index contributed by atoms with van der Waals surface area (Å²) in [5.41, 5.74) is 7.52. The third-order valence-corrected chi connectivity index (χ3v) is 3.41. The second-order valence-electron chi connectivity index (χ2n) is 4.87. The molecule has 0 amide bonds. The lowest BCUT2D eigenvalue weighted by Crippen LogP contribution is -2.48. The Kier molecular flexibility index (Phi) is 3.56. The van der Waals surface area contributed by atoms with Crippen molar-refractivity contribution in [2.24, 2.45) is 5.73 Å². The number of aromatic nitrogens is 1. The van der Waals surface area contributed by atoms with Gasteiger partial charge in [0.25, 0.3) is 0 Å². The summed E-state index contributed by atoms with van der Waals surface area (Å²) >= 11 is 0. The van der Waals surface area contributed by atoms with Crippen LogP contribution in [-0.2, 0) is 0 Å². The summed E-state index contributed by atoms with van der Waals surface area (Å²) in [5.74, 6) is 0. The number of likely N-dealkylation sites (tertiary alicyclic amines) is 1. The monoisotopic (exact) mass is 219 g/mol. The van der Waals surface area contributed by atoms with E-state index in [0.29, 0.717) is 12.1 Å². The lowest BCUT2D eigenvalue weighted by Gasteiger charge is -2.42. The molecule has 0 bridgehead atoms. The van der Waals surface area contributed by atoms with E-state index in [1.807, 2.05) is 18.5 Å². The summed E-state index contributed by atoms with van der Waals surface area (Å²) in [6.45, 7) is 5.62. The second-order valence-corrected chi connectivity index (χ2v) is 4.87. The minimum absolute atomic E-state index is 0.236. The van der Waals surface area contributed by atoms with Crippen molar-refractivity contribution in [1.82, 2.24) is 9.88 Å². The largest absolute Gasteiger partial charge is 0.326 e. The van der Waals surface area contributed by atoms with Crippen molar-refractivity contribution >= 4 is 0 Å². The Labute approximate surface area is 97.7 Å². The van der Waals surface area contributed by atoms with E-state index in [0.717, 1.165) is 13.0 Å². The number of rotatable bonds is 2. The van der Waals surface area contributed by atoms with Gasteiger partial charge in [0.2, 0.25) is 0 Å². The molecular weight excluding hydrogens is 198 g/mol. The minimum atomic E-state index is 0.236. The molecule has 3 heteroatoms. The molecule has 2 N–H and O–H groups in total. The number of nitrogens with zero attached hydrogens (tertiary/aromatic N) is 2. The van der Waals surface area contributed by atoms with Crippen LogP contribution in [0.15, 0.2) is 24.5 Å². The van der Waals surface area contributed by atoms with E-state index in [2.05, 4.69) is 29.8 Å². The molecule has 0 aliphatic carbocycles. The van der Waals surface area contributed by atoms with Crippen molar-refractivity contribution in [3.63, 3.8) is 0 Å². The molecule has 1 aliphatic rings. The van der Waals surface area contributed by atoms with Crippen LogP contribution >= 0.6 is 0 Å². The van der Waals surface area contributed by atoms with Crippen LogP contribution in [0.4, 0.5) is 0 Å². The predicted octanol–water partition coefficient (Wildman–Crippen LogP) is 1.95. The average molecular weight is 219 g/mol. The van der Waals surface area contributed by atoms with Gasteiger partial charge in [0.05, 0.1) is 6.04 Å². The standard InChI is InChI=1S/C13H21N3/c1-10(2)16-8-4-6-12(14)13(16)11-5-3-7-15-9-11/h3,5,7,9-10,12-13H,4,6,8,14H2,1-2H3. The first-order chi connectivity index (χ1) is 7.70. The summed E-state index contributed by atoms with van der Waals surface area (Å²) < 4.78 is 0. The molecule has 0 saturated carbocycles. The van der Waals surface area contributed by atoms with Gasteiger partial charge in [-0.15, -0.1) is 0 Å². The Hall–Kier alpha value is -0.930. The van der Waals surface area contributed by atoms with Gasteiger partial charge in [-0.3, -0.25) is 9.88 Å². The van der Waals surface area contributed by atoms with E-state index >= 15 is 0 Å². The van der Waals surface area contributed by atoms with Crippen LogP contribution in [0.2, 0.25) is 0 Å². The van der Waals surface area contributed by atoms with Gasteiger partial charge in [-0.05, 0) is 44.9 Å². The third kappa shape index (κ3) is 2.25. The maximum absolute atomic E-state index is 6.27. The molecule has 0 aromatic carbocycles. The van der Waals surface area contributed by atoms with E-state index in [9.17, 15) is 0 Å². The number of nitrogens with two attached hydrogens (primary N) is 1. The van der Waals surface area contributed by atoms with E-state index in [-0.39, 0.29) is 6.04 Å². The fourth-order valence-corrected chi connectivity index (χ4v) is 2.62. The molecular formula is C13H21N3. The van der Waals surface area contributed by atoms with Crippen molar-refractivity contribution in [2.45, 2.75) is 44.8 Å². The van der Waals surface area contributed by atoms with Gasteiger partial charge < -0.3 is 5.73 Å². The Bertz CT molecular complexity index is 323. The second kappa shape index (κ2) is 4.93. The zero-order valence-corrected chi connectivity index (χ0v) is 10.1. The van der Waals surface area contributed by atoms with Crippen molar-refractivity contribution in [2.75, 3.05) is 6.54 Å². The number of hydrogen-bond acceptors (Lipinski definition) is 3. The lowest BCUT2D eigenvalue weighted by atomic mass is 9.91. The van der Waals surface area contributed by atoms with Crippen molar-refractivity contribution < 1.29 is 0 Å². The van der Waals surface area contributed by atoms with Gasteiger partial charge in [-0.2, -0.15) is 0 Å². The molecule has 1 fully saturated rings. The summed E-state index contributed by atoms with van der Waals surface area (Å²) in [5, 5.41) is 0. The van der Waals surface area contributed by atoms with Gasteiger partial charge in [0, 0.05) is 24.5 Å². The normalized spacial score (nSPS) is 27.2. The van der Waals surface area contributed by atoms with Crippen LogP contribution in [-0.4, -0.2) is 28.5 Å². The molecule has 0 radical (unpaired) electrons. The van der Waals surface area contributed by atoms with Crippen LogP contribution in [0.1, 0.15) is 38.3 Å². The molecule has 2 heterocycles. The summed E-state index contributed by atoms with van der Waals surface area (Å²) in [6.07, 6.45) is 6.09. The van der Waals surface area contributed by atoms with Crippen LogP contribution in [0.5, 0.6) is 0 Å². The highest BCUT2D eigenvalue weighted by Crippen LogP contribution is 2.31. The first-order valence-corrected chi connectivity index (χ1v) is 6.11. The SMILES string of the molecule is CC(C)N1CCCC(N)C1c1cccnc1. The van der Waals surface area contributed by atoms with Crippen molar-refractivity contribution in [3.8, 4) is 0 Å². The highest BCUT2D eigenvalue weighted by molar-refractivity contribution is 5.17. The molecule has 1 saturated heterocycles. The zero-order valence-electron chi connectivity index (χ0n) is 10.1. The van der Waals surface area contributed by atoms with Crippen LogP contribution in [0.25, 0.3) is 0 Å². The van der Waals surface area contributed by atoms with Crippen molar-refractivity contribution in [1.29, 1.82) is 0 Å². The molecule has 1 aromatic rings. The summed E-state index contributed by atoms with van der Waals surface area (Å²) in [7, 11) is 0. The smallest absolute Gasteiger partial charge is 0.0517 e. The molecule has 0 spiro atoms. The summed E-state index contributed by atoms with van der Waals surface area (Å²) in [4.78, 5) is 6.70. The topological polar surface area (TPSA) is 42.1 Å². The molecule has 2 unspecified atom stereocenters. The van der Waals surface area contributed by atoms with Gasteiger partial charge in [-0.25, -0.2) is 0 Å². The molecule has 2 atom stereocenters. The van der Waals surface area contributed by atoms with Crippen LogP contribution in [0, 0.1) is 0 Å². The first kappa shape index (κ1) is 11.6. The van der Waals surface area contributed by atoms with Crippen molar-refractivity contribution in [3.05, 3.63) is 30.1 Å². The van der Waals surface area contributed by atoms with Crippen LogP contribution < -0.4 is 5.73 Å². The zero-order chi connectivity index (χ0) is 11.5. The first-order valence-electron chi connectivity index (χ1n) is 6.11. The molecule has 3 nitrogen and oxygen atoms in total. The fraction of sp³-hybridized carbons (Fsp3) is 0.615. The third-order valence-electron chi connectivity index (χ3n) is 3.41. The van der Waals surface area contributed by atoms with E-state index in [1.165, 1.54) is 12.0 Å². The van der Waals surface area contributed by atoms with Gasteiger partial charge >= 0.3 is 0 Å². The number of hydrogen-bond donors (Lipinski definition) is 1. The Morgan fingerprint density at radius 2 is 2.31 bits per heavy atom. The maximum atomic E-state index is 6.27. The van der Waals surface area contributed by atoms with E-state index in [4.69, 9.17) is 5.73 Å². The van der Waals surface area contributed by atoms with Gasteiger partial charge in [0.1, 0.15) is 0 Å². The fourth-order valence-electron chi connectivity index (χ4n) is 2.62. The number of pyridine rings is 1. The number of piperidine rings is 1. The molecule has 16 heavy (non-hydrogen) atoms. The Morgan fingerprint density at radius 3 is 2.94 bits per heavy atom. The van der Waals surface area contributed by atoms with E-state index < -0.39 is 0 Å². The Morgan fingerprint density at radius 1 is 1.50 bits per heavy atom. The Balaban J connectivity index is 2.26. The highest BCUT2D eigenvalue weighted by atomic mass is 15.2. The quantitative estimate of drug-likeness (QED) is 0.826. The van der Waals surface area contributed by atoms with Crippen LogP contribution in [0.3, 0.4) is 0 Å². The lowest BCUT2D eigenvalue weighted by molar-refractivity contribution is 0.0945. The average Bonchev–Trinajstić information content (AvgIpc) is 2.29. The molecule has 1 aliphatic heterocycles. The molecule has 2 rings (SSSR count). The maximum Gasteiger partial charge on any atom is 0.0517 e. The highest BCUT2D eigenvalue weighted by Gasteiger charge is 2.31. The molecule has 88 valence electrons. The van der Waals surface area contributed by atoms with E-state index in [1.54, 1.807) is 0 Å². The van der Waals surface area contributed by atoms with Gasteiger partial charge in [-0.1, -0.05) is 6.07 Å². The minimum Gasteiger partial charge on any atom is -0.326 e. The molecule has 1 aromatic heterocycles. The predicted molar refractivity (Wildman–Crippen MR) is 66.0 cm³/mol. The summed E-state index contributed by atoms with van der Waals surface area (Å²) in [6, 6.07) is 5.24. The van der Waals surface area contributed by atoms with Gasteiger partial charge in [0.15, 0.2) is 0 Å².